The lowest BCUT2D eigenvalue weighted by atomic mass is 9.70. The van der Waals surface area contributed by atoms with Gasteiger partial charge in [-0.15, -0.1) is 0 Å². The summed E-state index contributed by atoms with van der Waals surface area (Å²) in [5.74, 6) is 0. The lowest BCUT2D eigenvalue weighted by molar-refractivity contribution is 0.797. The van der Waals surface area contributed by atoms with Gasteiger partial charge >= 0.3 is 22.8 Å². The van der Waals surface area contributed by atoms with Crippen LogP contribution in [0.4, 0.5) is 0 Å². The van der Waals surface area contributed by atoms with Gasteiger partial charge < -0.3 is 39.9 Å². The lowest BCUT2D eigenvalue weighted by Gasteiger charge is -2.30. The molecule has 0 saturated heterocycles. The van der Waals surface area contributed by atoms with Crippen LogP contribution >= 0.6 is 0 Å². The topological polar surface area (TPSA) is 195 Å². The van der Waals surface area contributed by atoms with Crippen LogP contribution in [-0.2, 0) is 5.41 Å². The van der Waals surface area contributed by atoms with E-state index >= 15 is 0 Å². The number of nitrogens with one attached hydrogen (secondary N) is 8. The zero-order valence-corrected chi connectivity index (χ0v) is 20.8. The maximum absolute atomic E-state index is 12.3. The molecule has 2 aliphatic rings. The monoisotopic (exact) mass is 540 g/mol. The molecule has 196 valence electrons. The Bertz CT molecular complexity index is 2370. The van der Waals surface area contributed by atoms with E-state index in [9.17, 15) is 19.2 Å². The van der Waals surface area contributed by atoms with Gasteiger partial charge in [0.15, 0.2) is 0 Å². The predicted molar refractivity (Wildman–Crippen MR) is 153 cm³/mol. The first-order chi connectivity index (χ1) is 19.9. The van der Waals surface area contributed by atoms with E-state index in [1.807, 2.05) is 48.5 Å². The van der Waals surface area contributed by atoms with Crippen LogP contribution in [0.3, 0.4) is 0 Å². The highest BCUT2D eigenvalue weighted by atomic mass is 16.2. The van der Waals surface area contributed by atoms with Gasteiger partial charge in [0, 0.05) is 0 Å². The molecule has 0 amide bonds. The summed E-state index contributed by atoms with van der Waals surface area (Å²) >= 11 is 0. The van der Waals surface area contributed by atoms with E-state index in [0.29, 0.717) is 44.1 Å². The van der Waals surface area contributed by atoms with Gasteiger partial charge in [0.2, 0.25) is 0 Å². The Morgan fingerprint density at radius 3 is 0.732 bits per heavy atom. The molecule has 4 aromatic carbocycles. The molecule has 8 aromatic rings. The SMILES string of the molecule is O=c1[nH]c2cc3c(cc2[nH]1)C1(c2cc4[nH]c(=O)[nH]c4cc2-3)c2cc3[nH]c(=O)[nH]c3cc2-c2cc3[nH]c(=O)[nH]c3cc21. The Morgan fingerprint density at radius 1 is 0.317 bits per heavy atom. The normalized spacial score (nSPS) is 14.4. The van der Waals surface area contributed by atoms with E-state index in [0.717, 1.165) is 44.5 Å². The van der Waals surface area contributed by atoms with Crippen LogP contribution in [0, 0.1) is 0 Å². The van der Waals surface area contributed by atoms with Gasteiger partial charge in [-0.3, -0.25) is 0 Å². The molecule has 0 aliphatic heterocycles. The quantitative estimate of drug-likeness (QED) is 0.147. The highest BCUT2D eigenvalue weighted by Crippen LogP contribution is 2.64. The zero-order chi connectivity index (χ0) is 27.4. The minimum Gasteiger partial charge on any atom is -0.306 e. The molecule has 41 heavy (non-hydrogen) atoms. The molecule has 10 rings (SSSR count). The summed E-state index contributed by atoms with van der Waals surface area (Å²) in [6, 6.07) is 15.8. The third kappa shape index (κ3) is 2.33. The first kappa shape index (κ1) is 20.9. The second-order valence-electron chi connectivity index (χ2n) is 10.8. The third-order valence-corrected chi connectivity index (χ3v) is 8.81. The van der Waals surface area contributed by atoms with Crippen LogP contribution < -0.4 is 22.8 Å². The van der Waals surface area contributed by atoms with E-state index in [2.05, 4.69) is 39.9 Å². The summed E-state index contributed by atoms with van der Waals surface area (Å²) in [6.45, 7) is 0. The highest BCUT2D eigenvalue weighted by molar-refractivity contribution is 6.04. The van der Waals surface area contributed by atoms with Gasteiger partial charge in [0.25, 0.3) is 0 Å². The molecule has 0 bridgehead atoms. The van der Waals surface area contributed by atoms with Crippen molar-refractivity contribution < 1.29 is 0 Å². The summed E-state index contributed by atoms with van der Waals surface area (Å²) in [4.78, 5) is 72.4. The number of aromatic nitrogens is 8. The van der Waals surface area contributed by atoms with Crippen LogP contribution in [-0.4, -0.2) is 39.9 Å². The molecule has 12 heteroatoms. The van der Waals surface area contributed by atoms with Crippen molar-refractivity contribution in [2.45, 2.75) is 5.41 Å². The minimum absolute atomic E-state index is 0.311. The standard InChI is InChI=1S/C29H16N8O4/c38-25-30-17-1-9-10-2-18-22(35-26(39)31-18)6-14(10)29(13(9)5-21(17)34-25)15-7-23-19(32-27(40)36-23)3-11(15)12-4-20-24(8-16(12)29)37-28(41)33-20/h1-8H,(H2,30,34,38)(H2,31,35,39)(H2,32,36,40)(H2,33,37,41). The second kappa shape index (κ2) is 6.39. The largest absolute Gasteiger partial charge is 0.323 e. The van der Waals surface area contributed by atoms with Crippen molar-refractivity contribution in [2.24, 2.45) is 0 Å². The number of hydrogen-bond acceptors (Lipinski definition) is 4. The van der Waals surface area contributed by atoms with Crippen molar-refractivity contribution >= 4 is 44.1 Å². The van der Waals surface area contributed by atoms with Crippen molar-refractivity contribution in [1.29, 1.82) is 0 Å². The van der Waals surface area contributed by atoms with Crippen molar-refractivity contribution in [3.63, 3.8) is 0 Å². The molecule has 0 unspecified atom stereocenters. The number of hydrogen-bond donors (Lipinski definition) is 8. The Kier molecular flexibility index (Phi) is 3.25. The maximum atomic E-state index is 12.3. The molecule has 8 N–H and O–H groups in total. The zero-order valence-electron chi connectivity index (χ0n) is 20.8. The Hall–Kier alpha value is -6.04. The fraction of sp³-hybridized carbons (Fsp3) is 0.0345. The van der Waals surface area contributed by atoms with E-state index in [-0.39, 0.29) is 22.8 Å². The van der Waals surface area contributed by atoms with Crippen molar-refractivity contribution in [3.8, 4) is 22.3 Å². The van der Waals surface area contributed by atoms with Crippen molar-refractivity contribution in [3.05, 3.63) is 113 Å². The average Bonchev–Trinajstić information content (AvgIpc) is 3.74. The maximum Gasteiger partial charge on any atom is 0.323 e. The number of benzene rings is 4. The van der Waals surface area contributed by atoms with Gasteiger partial charge in [-0.05, 0) is 93.0 Å². The molecular weight excluding hydrogens is 524 g/mol. The number of fused-ring (bicyclic) bond motifs is 14. The Balaban J connectivity index is 1.48. The summed E-state index contributed by atoms with van der Waals surface area (Å²) in [5, 5.41) is 0. The molecule has 2 aliphatic carbocycles. The minimum atomic E-state index is -0.898. The van der Waals surface area contributed by atoms with Crippen LogP contribution in [0.25, 0.3) is 66.4 Å². The van der Waals surface area contributed by atoms with Gasteiger partial charge in [0.1, 0.15) is 0 Å². The first-order valence-corrected chi connectivity index (χ1v) is 12.9. The van der Waals surface area contributed by atoms with E-state index in [1.54, 1.807) is 0 Å². The number of imidazole rings is 4. The molecular formula is C29H16N8O4. The summed E-state index contributed by atoms with van der Waals surface area (Å²) in [6.07, 6.45) is 0. The van der Waals surface area contributed by atoms with Gasteiger partial charge in [-0.25, -0.2) is 19.2 Å². The molecule has 4 heterocycles. The van der Waals surface area contributed by atoms with Gasteiger partial charge in [-0.1, -0.05) is 0 Å². The average molecular weight is 540 g/mol. The van der Waals surface area contributed by atoms with Gasteiger partial charge in [0.05, 0.1) is 49.5 Å². The smallest absolute Gasteiger partial charge is 0.306 e. The summed E-state index contributed by atoms with van der Waals surface area (Å²) in [7, 11) is 0. The number of H-pyrrole nitrogens is 8. The fourth-order valence-electron chi connectivity index (χ4n) is 7.33. The molecule has 0 fully saturated rings. The van der Waals surface area contributed by atoms with Crippen LogP contribution in [0.5, 0.6) is 0 Å². The third-order valence-electron chi connectivity index (χ3n) is 8.81. The first-order valence-electron chi connectivity index (χ1n) is 12.9. The predicted octanol–water partition coefficient (Wildman–Crippen LogP) is 2.71. The molecule has 0 saturated carbocycles. The highest BCUT2D eigenvalue weighted by Gasteiger charge is 2.52. The van der Waals surface area contributed by atoms with Crippen LogP contribution in [0.2, 0.25) is 0 Å². The van der Waals surface area contributed by atoms with Gasteiger partial charge in [-0.2, -0.15) is 0 Å². The molecule has 4 aromatic heterocycles. The van der Waals surface area contributed by atoms with E-state index < -0.39 is 5.41 Å². The Morgan fingerprint density at radius 2 is 0.512 bits per heavy atom. The lowest BCUT2D eigenvalue weighted by Crippen LogP contribution is -2.26. The summed E-state index contributed by atoms with van der Waals surface area (Å²) in [5.41, 5.74) is 10.4. The van der Waals surface area contributed by atoms with E-state index in [1.165, 1.54) is 0 Å². The second-order valence-corrected chi connectivity index (χ2v) is 10.8. The van der Waals surface area contributed by atoms with Crippen LogP contribution in [0.1, 0.15) is 22.3 Å². The van der Waals surface area contributed by atoms with Crippen molar-refractivity contribution in [2.75, 3.05) is 0 Å². The van der Waals surface area contributed by atoms with Crippen molar-refractivity contribution in [1.82, 2.24) is 39.9 Å². The fourth-order valence-corrected chi connectivity index (χ4v) is 7.33. The molecule has 0 atom stereocenters. The number of aromatic amines is 8. The number of rotatable bonds is 0. The molecule has 12 nitrogen and oxygen atoms in total. The Labute approximate surface area is 224 Å². The van der Waals surface area contributed by atoms with Crippen LogP contribution in [0.15, 0.2) is 67.7 Å². The molecule has 0 radical (unpaired) electrons. The van der Waals surface area contributed by atoms with E-state index in [4.69, 9.17) is 0 Å². The summed E-state index contributed by atoms with van der Waals surface area (Å²) < 4.78 is 0. The molecule has 1 spiro atoms.